The van der Waals surface area contributed by atoms with E-state index in [0.717, 1.165) is 6.20 Å². The summed E-state index contributed by atoms with van der Waals surface area (Å²) < 4.78 is 23.6. The van der Waals surface area contributed by atoms with Crippen LogP contribution in [0.1, 0.15) is 0 Å². The Bertz CT molecular complexity index is 762. The van der Waals surface area contributed by atoms with Gasteiger partial charge in [-0.3, -0.25) is 10.1 Å². The molecule has 0 radical (unpaired) electrons. The van der Waals surface area contributed by atoms with Crippen LogP contribution in [0, 0.1) is 10.1 Å². The summed E-state index contributed by atoms with van der Waals surface area (Å²) in [5.41, 5.74) is -0.335. The molecule has 6 nitrogen and oxygen atoms in total. The molecule has 2 aromatic rings. The van der Waals surface area contributed by atoms with Crippen molar-refractivity contribution in [2.24, 2.45) is 0 Å². The van der Waals surface area contributed by atoms with E-state index in [4.69, 9.17) is 10.7 Å². The third kappa shape index (κ3) is 2.31. The first-order valence-electron chi connectivity index (χ1n) is 4.48. The van der Waals surface area contributed by atoms with E-state index in [0.29, 0.717) is 9.99 Å². The van der Waals surface area contributed by atoms with Crippen LogP contribution in [0.4, 0.5) is 5.69 Å². The smallest absolute Gasteiger partial charge is 0.258 e. The fourth-order valence-corrected chi connectivity index (χ4v) is 3.17. The Morgan fingerprint density at radius 2 is 2.06 bits per heavy atom. The molecule has 1 aromatic carbocycles. The molecule has 0 saturated heterocycles. The fraction of sp³-hybridized carbons (Fsp3) is 0. The second-order valence-corrected chi connectivity index (χ2v) is 6.75. The van der Waals surface area contributed by atoms with Gasteiger partial charge in [0.25, 0.3) is 9.05 Å². The van der Waals surface area contributed by atoms with Crippen molar-refractivity contribution in [1.82, 2.24) is 4.98 Å². The molecular formula is C9H4BrClN2O4S. The van der Waals surface area contributed by atoms with Gasteiger partial charge in [-0.05, 0) is 18.2 Å². The number of nitrogens with zero attached hydrogens (tertiary/aromatic N) is 2. The zero-order valence-electron chi connectivity index (χ0n) is 8.50. The van der Waals surface area contributed by atoms with Crippen molar-refractivity contribution in [3.8, 4) is 0 Å². The lowest BCUT2D eigenvalue weighted by molar-refractivity contribution is -0.387. The Kier molecular flexibility index (Phi) is 3.26. The van der Waals surface area contributed by atoms with Crippen molar-refractivity contribution in [2.75, 3.05) is 0 Å². The highest BCUT2D eigenvalue weighted by atomic mass is 79.9. The average Bonchev–Trinajstić information content (AvgIpc) is 2.25. The highest BCUT2D eigenvalue weighted by Gasteiger charge is 2.27. The number of hydrogen-bond donors (Lipinski definition) is 0. The highest BCUT2D eigenvalue weighted by Crippen LogP contribution is 2.34. The Morgan fingerprint density at radius 1 is 1.39 bits per heavy atom. The van der Waals surface area contributed by atoms with Crippen LogP contribution >= 0.6 is 26.6 Å². The molecule has 0 amide bonds. The first-order valence-corrected chi connectivity index (χ1v) is 7.58. The summed E-state index contributed by atoms with van der Waals surface area (Å²) in [5, 5.41) is 10.9. The maximum Gasteiger partial charge on any atom is 0.308 e. The third-order valence-electron chi connectivity index (χ3n) is 2.20. The van der Waals surface area contributed by atoms with Crippen LogP contribution in [-0.4, -0.2) is 18.3 Å². The van der Waals surface area contributed by atoms with Crippen LogP contribution in [0.2, 0.25) is 0 Å². The van der Waals surface area contributed by atoms with Crippen molar-refractivity contribution < 1.29 is 13.3 Å². The Hall–Kier alpha value is -1.25. The van der Waals surface area contributed by atoms with E-state index in [1.807, 2.05) is 0 Å². The molecule has 1 heterocycles. The number of aromatic nitrogens is 1. The minimum atomic E-state index is -4.25. The number of benzene rings is 1. The summed E-state index contributed by atoms with van der Waals surface area (Å²) in [6, 6.07) is 4.60. The maximum absolute atomic E-state index is 11.5. The predicted octanol–water partition coefficient (Wildman–Crippen LogP) is 2.83. The summed E-state index contributed by atoms with van der Waals surface area (Å²) in [5.74, 6) is 0. The van der Waals surface area contributed by atoms with Crippen molar-refractivity contribution in [3.63, 3.8) is 0 Å². The normalized spacial score (nSPS) is 11.7. The minimum Gasteiger partial charge on any atom is -0.258 e. The van der Waals surface area contributed by atoms with E-state index in [1.165, 1.54) is 12.1 Å². The Balaban J connectivity index is 3.03. The van der Waals surface area contributed by atoms with Gasteiger partial charge in [0.1, 0.15) is 6.20 Å². The summed E-state index contributed by atoms with van der Waals surface area (Å²) in [6.45, 7) is 0. The lowest BCUT2D eigenvalue weighted by Crippen LogP contribution is -2.01. The number of pyridine rings is 1. The number of fused-ring (bicyclic) bond motifs is 1. The molecule has 0 atom stereocenters. The average molecular weight is 352 g/mol. The molecule has 0 fully saturated rings. The van der Waals surface area contributed by atoms with E-state index >= 15 is 0 Å². The predicted molar refractivity (Wildman–Crippen MR) is 69.1 cm³/mol. The molecule has 0 spiro atoms. The van der Waals surface area contributed by atoms with Crippen molar-refractivity contribution >= 4 is 52.3 Å². The van der Waals surface area contributed by atoms with E-state index in [1.54, 1.807) is 6.07 Å². The molecule has 18 heavy (non-hydrogen) atoms. The molecule has 2 rings (SSSR count). The lowest BCUT2D eigenvalue weighted by atomic mass is 10.2. The van der Waals surface area contributed by atoms with Crippen molar-refractivity contribution in [3.05, 3.63) is 39.0 Å². The van der Waals surface area contributed by atoms with Crippen LogP contribution in [-0.2, 0) is 9.05 Å². The Morgan fingerprint density at radius 3 is 2.61 bits per heavy atom. The second-order valence-electron chi connectivity index (χ2n) is 3.33. The monoisotopic (exact) mass is 350 g/mol. The largest absolute Gasteiger partial charge is 0.308 e. The van der Waals surface area contributed by atoms with E-state index in [9.17, 15) is 18.5 Å². The molecule has 0 aliphatic heterocycles. The number of nitro groups is 1. The highest BCUT2D eigenvalue weighted by molar-refractivity contribution is 9.10. The first-order chi connectivity index (χ1) is 8.30. The van der Waals surface area contributed by atoms with Gasteiger partial charge in [0.15, 0.2) is 4.90 Å². The molecule has 0 saturated carbocycles. The van der Waals surface area contributed by atoms with Gasteiger partial charge in [-0.15, -0.1) is 0 Å². The van der Waals surface area contributed by atoms with E-state index in [-0.39, 0.29) is 5.39 Å². The summed E-state index contributed by atoms with van der Waals surface area (Å²) >= 11 is 3.16. The zero-order valence-corrected chi connectivity index (χ0v) is 11.7. The number of halogens is 2. The summed E-state index contributed by atoms with van der Waals surface area (Å²) in [4.78, 5) is 13.3. The minimum absolute atomic E-state index is 0.105. The van der Waals surface area contributed by atoms with Gasteiger partial charge >= 0.3 is 5.69 Å². The van der Waals surface area contributed by atoms with Crippen LogP contribution in [0.5, 0.6) is 0 Å². The van der Waals surface area contributed by atoms with Crippen LogP contribution < -0.4 is 0 Å². The van der Waals surface area contributed by atoms with Gasteiger partial charge in [0, 0.05) is 20.5 Å². The van der Waals surface area contributed by atoms with Gasteiger partial charge in [-0.2, -0.15) is 0 Å². The van der Waals surface area contributed by atoms with E-state index in [2.05, 4.69) is 20.9 Å². The molecule has 0 N–H and O–H groups in total. The van der Waals surface area contributed by atoms with Crippen LogP contribution in [0.3, 0.4) is 0 Å². The fourth-order valence-electron chi connectivity index (χ4n) is 1.52. The molecule has 9 heteroatoms. The number of rotatable bonds is 2. The molecule has 0 aliphatic rings. The molecule has 0 aliphatic carbocycles. The maximum atomic E-state index is 11.5. The van der Waals surface area contributed by atoms with Gasteiger partial charge in [-0.25, -0.2) is 13.4 Å². The molecular weight excluding hydrogens is 348 g/mol. The SMILES string of the molecule is O=[N+]([O-])c1cnc2ccc(Br)cc2c1S(=O)(=O)Cl. The molecule has 94 valence electrons. The van der Waals surface area contributed by atoms with Gasteiger partial charge in [0.05, 0.1) is 10.4 Å². The van der Waals surface area contributed by atoms with Gasteiger partial charge in [-0.1, -0.05) is 15.9 Å². The number of hydrogen-bond acceptors (Lipinski definition) is 5. The summed E-state index contributed by atoms with van der Waals surface area (Å²) in [6.07, 6.45) is 0.880. The quantitative estimate of drug-likeness (QED) is 0.471. The first kappa shape index (κ1) is 13.2. The summed E-state index contributed by atoms with van der Waals surface area (Å²) in [7, 11) is 1.01. The van der Waals surface area contributed by atoms with Crippen LogP contribution in [0.25, 0.3) is 10.9 Å². The third-order valence-corrected chi connectivity index (χ3v) is 4.08. The molecule has 1 aromatic heterocycles. The zero-order chi connectivity index (χ0) is 13.5. The molecule has 0 bridgehead atoms. The standard InChI is InChI=1S/C9H4BrClN2O4S/c10-5-1-2-7-6(3-5)9(18(11,16)17)8(4-12-7)13(14)15/h1-4H. The Labute approximate surface area is 114 Å². The lowest BCUT2D eigenvalue weighted by Gasteiger charge is -2.04. The van der Waals surface area contributed by atoms with Gasteiger partial charge in [0.2, 0.25) is 0 Å². The molecule has 0 unspecified atom stereocenters. The van der Waals surface area contributed by atoms with Crippen molar-refractivity contribution in [1.29, 1.82) is 0 Å². The van der Waals surface area contributed by atoms with Crippen molar-refractivity contribution in [2.45, 2.75) is 4.90 Å². The second kappa shape index (κ2) is 4.45. The van der Waals surface area contributed by atoms with E-state index < -0.39 is 24.6 Å². The van der Waals surface area contributed by atoms with Crippen LogP contribution in [0.15, 0.2) is 33.8 Å². The van der Waals surface area contributed by atoms with Gasteiger partial charge < -0.3 is 0 Å². The topological polar surface area (TPSA) is 90.2 Å².